The van der Waals surface area contributed by atoms with Gasteiger partial charge in [0.05, 0.1) is 10.6 Å². The first-order chi connectivity index (χ1) is 9.45. The van der Waals surface area contributed by atoms with E-state index in [0.717, 1.165) is 22.6 Å². The van der Waals surface area contributed by atoms with E-state index in [9.17, 15) is 20.0 Å². The first-order valence-electron chi connectivity index (χ1n) is 5.72. The molecule has 0 radical (unpaired) electrons. The Bertz CT molecular complexity index is 665. The fraction of sp³-hybridized carbons (Fsp3) is 0.167. The fourth-order valence-electron chi connectivity index (χ4n) is 1.62. The van der Waals surface area contributed by atoms with Gasteiger partial charge in [-0.2, -0.15) is 5.10 Å². The van der Waals surface area contributed by atoms with Crippen LogP contribution in [0.2, 0.25) is 0 Å². The number of phenolic OH excluding ortho intramolecular Hbond substituents is 1. The molecule has 0 fully saturated rings. The molecule has 2 aromatic rings. The van der Waals surface area contributed by atoms with E-state index in [0.29, 0.717) is 0 Å². The summed E-state index contributed by atoms with van der Waals surface area (Å²) < 4.78 is 1.15. The van der Waals surface area contributed by atoms with Gasteiger partial charge in [0.15, 0.2) is 0 Å². The number of nitro groups is 1. The topological polar surface area (TPSA) is 110 Å². The van der Waals surface area contributed by atoms with Crippen LogP contribution < -0.4 is 5.32 Å². The molecule has 0 unspecified atom stereocenters. The van der Waals surface area contributed by atoms with Crippen molar-refractivity contribution in [1.29, 1.82) is 0 Å². The van der Waals surface area contributed by atoms with Gasteiger partial charge in [-0.25, -0.2) is 0 Å². The Labute approximate surface area is 113 Å². The van der Waals surface area contributed by atoms with Gasteiger partial charge in [0, 0.05) is 0 Å². The molecule has 1 heterocycles. The number of rotatable bonds is 4. The van der Waals surface area contributed by atoms with E-state index in [1.165, 1.54) is 6.07 Å². The van der Waals surface area contributed by atoms with E-state index in [1.807, 2.05) is 6.92 Å². The molecular formula is C12H12N4O4. The zero-order valence-corrected chi connectivity index (χ0v) is 10.6. The normalized spacial score (nSPS) is 10.2. The molecule has 1 aromatic heterocycles. The van der Waals surface area contributed by atoms with Gasteiger partial charge in [-0.15, -0.1) is 0 Å². The third kappa shape index (κ3) is 3.10. The van der Waals surface area contributed by atoms with Crippen LogP contribution in [0.4, 0.5) is 11.4 Å². The van der Waals surface area contributed by atoms with Crippen molar-refractivity contribution in [3.05, 3.63) is 46.3 Å². The van der Waals surface area contributed by atoms with Crippen LogP contribution in [0.15, 0.2) is 30.6 Å². The number of hydrogen-bond acceptors (Lipinski definition) is 5. The molecular weight excluding hydrogens is 264 g/mol. The number of aromatic hydroxyl groups is 1. The van der Waals surface area contributed by atoms with Crippen LogP contribution in [0, 0.1) is 17.0 Å². The SMILES string of the molecule is Cc1ccc(O)c(NC(=O)Cn2cc([N+](=O)[O-])cn2)c1. The molecule has 1 aromatic carbocycles. The van der Waals surface area contributed by atoms with Crippen LogP contribution >= 0.6 is 0 Å². The highest BCUT2D eigenvalue weighted by atomic mass is 16.6. The number of nitrogens with zero attached hydrogens (tertiary/aromatic N) is 3. The molecule has 0 spiro atoms. The maximum atomic E-state index is 11.8. The average Bonchev–Trinajstić information content (AvgIpc) is 2.82. The fourth-order valence-corrected chi connectivity index (χ4v) is 1.62. The van der Waals surface area contributed by atoms with Crippen LogP contribution in [-0.4, -0.2) is 25.7 Å². The average molecular weight is 276 g/mol. The Morgan fingerprint density at radius 1 is 1.55 bits per heavy atom. The van der Waals surface area contributed by atoms with Gasteiger partial charge < -0.3 is 10.4 Å². The Morgan fingerprint density at radius 3 is 2.95 bits per heavy atom. The Balaban J connectivity index is 2.05. The second-order valence-corrected chi connectivity index (χ2v) is 4.22. The number of carbonyl (C=O) groups excluding carboxylic acids is 1. The second kappa shape index (κ2) is 5.39. The van der Waals surface area contributed by atoms with Crippen molar-refractivity contribution in [3.8, 4) is 5.75 Å². The second-order valence-electron chi connectivity index (χ2n) is 4.22. The first kappa shape index (κ1) is 13.5. The summed E-state index contributed by atoms with van der Waals surface area (Å²) in [6.07, 6.45) is 2.23. The predicted molar refractivity (Wildman–Crippen MR) is 70.4 cm³/mol. The van der Waals surface area contributed by atoms with Gasteiger partial charge in [-0.1, -0.05) is 6.07 Å². The summed E-state index contributed by atoms with van der Waals surface area (Å²) in [5, 5.41) is 26.3. The minimum absolute atomic E-state index is 0.0459. The molecule has 0 saturated carbocycles. The summed E-state index contributed by atoms with van der Waals surface area (Å²) in [6, 6.07) is 4.81. The molecule has 20 heavy (non-hydrogen) atoms. The molecule has 0 saturated heterocycles. The van der Waals surface area contributed by atoms with Crippen molar-refractivity contribution in [2.24, 2.45) is 0 Å². The summed E-state index contributed by atoms with van der Waals surface area (Å²) >= 11 is 0. The molecule has 8 nitrogen and oxygen atoms in total. The Kier molecular flexibility index (Phi) is 3.65. The number of nitrogens with one attached hydrogen (secondary N) is 1. The molecule has 1 amide bonds. The molecule has 0 atom stereocenters. The maximum Gasteiger partial charge on any atom is 0.307 e. The molecule has 2 rings (SSSR count). The van der Waals surface area contributed by atoms with Crippen molar-refractivity contribution in [2.45, 2.75) is 13.5 Å². The summed E-state index contributed by atoms with van der Waals surface area (Å²) in [6.45, 7) is 1.65. The van der Waals surface area contributed by atoms with E-state index in [1.54, 1.807) is 12.1 Å². The molecule has 0 aliphatic carbocycles. The summed E-state index contributed by atoms with van der Waals surface area (Å²) in [7, 11) is 0. The van der Waals surface area contributed by atoms with Crippen molar-refractivity contribution in [2.75, 3.05) is 5.32 Å². The van der Waals surface area contributed by atoms with Crippen LogP contribution in [0.25, 0.3) is 0 Å². The predicted octanol–water partition coefficient (Wildman–Crippen LogP) is 1.44. The lowest BCUT2D eigenvalue weighted by Gasteiger charge is -2.08. The highest BCUT2D eigenvalue weighted by Gasteiger charge is 2.12. The molecule has 0 aliphatic rings. The van der Waals surface area contributed by atoms with E-state index in [4.69, 9.17) is 0 Å². The highest BCUT2D eigenvalue weighted by Crippen LogP contribution is 2.23. The minimum atomic E-state index is -0.589. The Morgan fingerprint density at radius 2 is 2.30 bits per heavy atom. The number of phenols is 1. The van der Waals surface area contributed by atoms with Gasteiger partial charge in [-0.3, -0.25) is 19.6 Å². The van der Waals surface area contributed by atoms with Crippen molar-refractivity contribution >= 4 is 17.3 Å². The largest absolute Gasteiger partial charge is 0.506 e. The summed E-state index contributed by atoms with van der Waals surface area (Å²) in [4.78, 5) is 21.7. The van der Waals surface area contributed by atoms with Crippen molar-refractivity contribution in [3.63, 3.8) is 0 Å². The lowest BCUT2D eigenvalue weighted by Crippen LogP contribution is -2.19. The summed E-state index contributed by atoms with van der Waals surface area (Å²) in [5.41, 5.74) is 0.987. The zero-order valence-electron chi connectivity index (χ0n) is 10.6. The third-order valence-corrected chi connectivity index (χ3v) is 2.56. The highest BCUT2D eigenvalue weighted by molar-refractivity contribution is 5.92. The number of carbonyl (C=O) groups is 1. The van der Waals surface area contributed by atoms with Crippen LogP contribution in [0.5, 0.6) is 5.75 Å². The van der Waals surface area contributed by atoms with Gasteiger partial charge in [0.25, 0.3) is 0 Å². The number of aryl methyl sites for hydroxylation is 1. The molecule has 2 N–H and O–H groups in total. The van der Waals surface area contributed by atoms with Crippen LogP contribution in [-0.2, 0) is 11.3 Å². The molecule has 0 bridgehead atoms. The van der Waals surface area contributed by atoms with Gasteiger partial charge in [0.1, 0.15) is 24.7 Å². The maximum absolute atomic E-state index is 11.8. The number of amides is 1. The van der Waals surface area contributed by atoms with Crippen molar-refractivity contribution in [1.82, 2.24) is 9.78 Å². The van der Waals surface area contributed by atoms with E-state index >= 15 is 0 Å². The number of aromatic nitrogens is 2. The number of anilines is 1. The molecule has 104 valence electrons. The third-order valence-electron chi connectivity index (χ3n) is 2.56. The van der Waals surface area contributed by atoms with Gasteiger partial charge in [0.2, 0.25) is 5.91 Å². The van der Waals surface area contributed by atoms with Crippen LogP contribution in [0.3, 0.4) is 0 Å². The first-order valence-corrected chi connectivity index (χ1v) is 5.72. The molecule has 0 aliphatic heterocycles. The summed E-state index contributed by atoms with van der Waals surface area (Å²) in [5.74, 6) is -0.487. The van der Waals surface area contributed by atoms with Crippen LogP contribution in [0.1, 0.15) is 5.56 Å². The Hall–Kier alpha value is -2.90. The lowest BCUT2D eigenvalue weighted by atomic mass is 10.2. The van der Waals surface area contributed by atoms with E-state index < -0.39 is 10.8 Å². The number of hydrogen-bond donors (Lipinski definition) is 2. The standard InChI is InChI=1S/C12H12N4O4/c1-8-2-3-11(17)10(4-8)14-12(18)7-15-6-9(5-13-15)16(19)20/h2-6,17H,7H2,1H3,(H,14,18). The minimum Gasteiger partial charge on any atom is -0.506 e. The monoisotopic (exact) mass is 276 g/mol. The van der Waals surface area contributed by atoms with E-state index in [-0.39, 0.29) is 23.7 Å². The van der Waals surface area contributed by atoms with Crippen molar-refractivity contribution < 1.29 is 14.8 Å². The van der Waals surface area contributed by atoms with Gasteiger partial charge in [-0.05, 0) is 24.6 Å². The van der Waals surface area contributed by atoms with Gasteiger partial charge >= 0.3 is 5.69 Å². The quantitative estimate of drug-likeness (QED) is 0.498. The molecule has 8 heteroatoms. The smallest absolute Gasteiger partial charge is 0.307 e. The lowest BCUT2D eigenvalue weighted by molar-refractivity contribution is -0.385. The zero-order chi connectivity index (χ0) is 14.7. The van der Waals surface area contributed by atoms with E-state index in [2.05, 4.69) is 10.4 Å². The number of benzene rings is 1.